The topological polar surface area (TPSA) is 61.8 Å². The number of carbonyl (C=O) groups excluding carboxylic acids is 1. The van der Waals surface area contributed by atoms with Gasteiger partial charge in [-0.15, -0.1) is 0 Å². The molecule has 1 heterocycles. The molecule has 0 atom stereocenters. The number of carbonyl (C=O) groups is 1. The van der Waals surface area contributed by atoms with Crippen LogP contribution in [-0.4, -0.2) is 11.6 Å². The number of ether oxygens (including phenoxy) is 1. The van der Waals surface area contributed by atoms with Crippen LogP contribution in [0.3, 0.4) is 0 Å². The quantitative estimate of drug-likeness (QED) is 0.322. The van der Waals surface area contributed by atoms with E-state index >= 15 is 0 Å². The van der Waals surface area contributed by atoms with Gasteiger partial charge in [0.25, 0.3) is 0 Å². The molecular weight excluding hydrogens is 399 g/mol. The first-order valence-corrected chi connectivity index (χ1v) is 10.8. The second-order valence-corrected chi connectivity index (χ2v) is 8.99. The molecule has 1 aromatic heterocycles. The molecule has 5 nitrogen and oxygen atoms in total. The maximum absolute atomic E-state index is 12.8. The number of fused-ring (bicyclic) bond motifs is 3. The van der Waals surface area contributed by atoms with Gasteiger partial charge in [0.05, 0.1) is 0 Å². The predicted octanol–water partition coefficient (Wildman–Crippen LogP) is 7.40. The zero-order valence-corrected chi connectivity index (χ0v) is 18.2. The minimum absolute atomic E-state index is 0.338. The third-order valence-corrected chi connectivity index (χ3v) is 5.37. The van der Waals surface area contributed by atoms with Crippen molar-refractivity contribution in [2.75, 3.05) is 0 Å². The molecule has 0 aliphatic carbocycles. The molecule has 0 spiro atoms. The molecular formula is C24H23O5P. The molecule has 0 amide bonds. The highest BCUT2D eigenvalue weighted by atomic mass is 31.1. The molecule has 0 aliphatic rings. The second kappa shape index (κ2) is 7.92. The predicted molar refractivity (Wildman–Crippen MR) is 119 cm³/mol. The number of aryl methyl sites for hydroxylation is 1. The van der Waals surface area contributed by atoms with Crippen LogP contribution < -0.4 is 4.52 Å². The number of hydrogen-bond donors (Lipinski definition) is 0. The van der Waals surface area contributed by atoms with E-state index in [9.17, 15) is 4.79 Å². The van der Waals surface area contributed by atoms with Gasteiger partial charge in [0.15, 0.2) is 5.75 Å². The summed E-state index contributed by atoms with van der Waals surface area (Å²) >= 11 is 0. The third-order valence-electron chi connectivity index (χ3n) is 4.34. The Balaban J connectivity index is 1.84. The first-order chi connectivity index (χ1) is 14.3. The van der Waals surface area contributed by atoms with Crippen LogP contribution in [0.5, 0.6) is 5.75 Å². The fraction of sp³-hybridized carbons (Fsp3) is 0.208. The van der Waals surface area contributed by atoms with Crippen molar-refractivity contribution in [1.82, 2.24) is 0 Å². The monoisotopic (exact) mass is 422 g/mol. The first-order valence-electron chi connectivity index (χ1n) is 9.67. The summed E-state index contributed by atoms with van der Waals surface area (Å²) < 4.78 is 23.8. The summed E-state index contributed by atoms with van der Waals surface area (Å²) in [6, 6.07) is 20.8. The minimum Gasteiger partial charge on any atom is -0.456 e. The van der Waals surface area contributed by atoms with E-state index in [1.807, 2.05) is 82.3 Å². The summed E-state index contributed by atoms with van der Waals surface area (Å²) in [6.45, 7) is 7.40. The summed E-state index contributed by atoms with van der Waals surface area (Å²) in [7, 11) is -1.84. The van der Waals surface area contributed by atoms with Gasteiger partial charge in [0, 0.05) is 10.8 Å². The maximum Gasteiger partial charge on any atom is 0.453 e. The standard InChI is InChI=1S/C24H23O5P/c1-16-13-14-22(19(15-16)23(25)26-24(2,3)4)29-30-27-20-11-7-5-9-17(20)18-10-6-8-12-21(18)28-30/h5-15H,1-4H3. The van der Waals surface area contributed by atoms with Crippen LogP contribution in [-0.2, 0) is 4.74 Å². The van der Waals surface area contributed by atoms with Crippen LogP contribution in [0, 0.1) is 6.92 Å². The number of para-hydroxylation sites is 2. The molecule has 0 saturated carbocycles. The lowest BCUT2D eigenvalue weighted by Crippen LogP contribution is -2.24. The molecule has 0 bridgehead atoms. The van der Waals surface area contributed by atoms with Gasteiger partial charge >= 0.3 is 14.2 Å². The van der Waals surface area contributed by atoms with Gasteiger partial charge in [0.2, 0.25) is 0 Å². The van der Waals surface area contributed by atoms with E-state index in [0.717, 1.165) is 16.3 Å². The molecule has 0 saturated heterocycles. The normalized spacial score (nSPS) is 11.5. The molecule has 0 unspecified atom stereocenters. The third kappa shape index (κ3) is 4.37. The Hall–Kier alpha value is -3.17. The molecule has 0 N–H and O–H groups in total. The van der Waals surface area contributed by atoms with Crippen LogP contribution in [0.25, 0.3) is 21.9 Å². The van der Waals surface area contributed by atoms with Crippen molar-refractivity contribution >= 4 is 36.1 Å². The van der Waals surface area contributed by atoms with Crippen molar-refractivity contribution in [3.05, 3.63) is 77.9 Å². The van der Waals surface area contributed by atoms with Crippen molar-refractivity contribution in [3.8, 4) is 5.75 Å². The summed E-state index contributed by atoms with van der Waals surface area (Å²) in [6.07, 6.45) is 0. The second-order valence-electron chi connectivity index (χ2n) is 7.99. The highest BCUT2D eigenvalue weighted by Gasteiger charge is 2.22. The summed E-state index contributed by atoms with van der Waals surface area (Å²) in [4.78, 5) is 12.8. The fourth-order valence-electron chi connectivity index (χ4n) is 3.05. The summed E-state index contributed by atoms with van der Waals surface area (Å²) in [5.41, 5.74) is 1.98. The Labute approximate surface area is 175 Å². The van der Waals surface area contributed by atoms with Crippen molar-refractivity contribution in [1.29, 1.82) is 0 Å². The van der Waals surface area contributed by atoms with E-state index in [-0.39, 0.29) is 0 Å². The lowest BCUT2D eigenvalue weighted by Gasteiger charge is -2.20. The molecule has 0 aliphatic heterocycles. The van der Waals surface area contributed by atoms with E-state index in [1.165, 1.54) is 0 Å². The molecule has 30 heavy (non-hydrogen) atoms. The van der Waals surface area contributed by atoms with Crippen molar-refractivity contribution < 1.29 is 22.4 Å². The Morgan fingerprint density at radius 3 is 2.00 bits per heavy atom. The smallest absolute Gasteiger partial charge is 0.453 e. The zero-order valence-electron chi connectivity index (χ0n) is 17.3. The van der Waals surface area contributed by atoms with Gasteiger partial charge in [0.1, 0.15) is 22.3 Å². The van der Waals surface area contributed by atoms with Crippen molar-refractivity contribution in [2.24, 2.45) is 0 Å². The van der Waals surface area contributed by atoms with Crippen LogP contribution in [0.15, 0.2) is 75.1 Å². The average molecular weight is 422 g/mol. The first kappa shape index (κ1) is 20.1. The lowest BCUT2D eigenvalue weighted by atomic mass is 10.1. The van der Waals surface area contributed by atoms with Gasteiger partial charge in [-0.05, 0) is 57.5 Å². The fourth-order valence-corrected chi connectivity index (χ4v) is 4.12. The average Bonchev–Trinajstić information content (AvgIpc) is 2.84. The Bertz CT molecular complexity index is 1210. The maximum atomic E-state index is 12.8. The Morgan fingerprint density at radius 2 is 1.43 bits per heavy atom. The van der Waals surface area contributed by atoms with E-state index in [0.29, 0.717) is 22.5 Å². The lowest BCUT2D eigenvalue weighted by molar-refractivity contribution is 0.00678. The highest BCUT2D eigenvalue weighted by molar-refractivity contribution is 7.32. The minimum atomic E-state index is -1.84. The number of rotatable bonds is 3. The molecule has 4 aromatic rings. The molecule has 4 rings (SSSR count). The SMILES string of the molecule is Cc1ccc(Op2oc3ccccc3c3ccccc3o2)c(C(=O)OC(C)(C)C)c1. The van der Waals surface area contributed by atoms with Crippen LogP contribution in [0.4, 0.5) is 0 Å². The van der Waals surface area contributed by atoms with Gasteiger partial charge in [-0.25, -0.2) is 4.79 Å². The van der Waals surface area contributed by atoms with Gasteiger partial charge in [-0.3, -0.25) is 0 Å². The van der Waals surface area contributed by atoms with Crippen molar-refractivity contribution in [2.45, 2.75) is 33.3 Å². The van der Waals surface area contributed by atoms with Crippen LogP contribution >= 0.6 is 8.24 Å². The summed E-state index contributed by atoms with van der Waals surface area (Å²) in [5.74, 6) is -0.0929. The van der Waals surface area contributed by atoms with Gasteiger partial charge < -0.3 is 17.7 Å². The number of benzene rings is 3. The van der Waals surface area contributed by atoms with Gasteiger partial charge in [-0.1, -0.05) is 42.5 Å². The van der Waals surface area contributed by atoms with Gasteiger partial charge in [-0.2, -0.15) is 0 Å². The zero-order chi connectivity index (χ0) is 21.3. The van der Waals surface area contributed by atoms with E-state index in [4.69, 9.17) is 17.7 Å². The number of esters is 1. The molecule has 3 aromatic carbocycles. The highest BCUT2D eigenvalue weighted by Crippen LogP contribution is 2.38. The van der Waals surface area contributed by atoms with E-state index in [1.54, 1.807) is 12.1 Å². The van der Waals surface area contributed by atoms with Crippen LogP contribution in [0.1, 0.15) is 36.7 Å². The molecule has 154 valence electrons. The largest absolute Gasteiger partial charge is 0.456 e. The van der Waals surface area contributed by atoms with Crippen molar-refractivity contribution in [3.63, 3.8) is 0 Å². The molecule has 0 fully saturated rings. The Kier molecular flexibility index (Phi) is 5.31. The molecule has 6 heteroatoms. The van der Waals surface area contributed by atoms with E-state index in [2.05, 4.69) is 0 Å². The molecule has 0 radical (unpaired) electrons. The summed E-state index contributed by atoms with van der Waals surface area (Å²) in [5, 5.41) is 1.86. The number of hydrogen-bond acceptors (Lipinski definition) is 5. The van der Waals surface area contributed by atoms with Crippen LogP contribution in [0.2, 0.25) is 0 Å². The Morgan fingerprint density at radius 1 is 0.867 bits per heavy atom. The van der Waals surface area contributed by atoms with E-state index < -0.39 is 19.8 Å².